The van der Waals surface area contributed by atoms with Gasteiger partial charge in [0.2, 0.25) is 0 Å². The highest BCUT2D eigenvalue weighted by Gasteiger charge is 2.26. The monoisotopic (exact) mass is 283 g/mol. The van der Waals surface area contributed by atoms with E-state index < -0.39 is 0 Å². The first-order chi connectivity index (χ1) is 9.75. The average Bonchev–Trinajstić information content (AvgIpc) is 2.49. The topological polar surface area (TPSA) is 26.0 Å². The van der Waals surface area contributed by atoms with Gasteiger partial charge < -0.3 is 5.73 Å². The van der Waals surface area contributed by atoms with Gasteiger partial charge in [-0.15, -0.1) is 0 Å². The van der Waals surface area contributed by atoms with Crippen molar-refractivity contribution in [1.82, 2.24) is 0 Å². The normalized spacial score (nSPS) is 22.4. The number of benzene rings is 2. The van der Waals surface area contributed by atoms with Gasteiger partial charge in [0, 0.05) is 17.0 Å². The third-order valence-corrected chi connectivity index (χ3v) is 4.39. The highest BCUT2D eigenvalue weighted by atomic mass is 35.5. The van der Waals surface area contributed by atoms with Gasteiger partial charge >= 0.3 is 0 Å². The summed E-state index contributed by atoms with van der Waals surface area (Å²) in [4.78, 5) is 0. The van der Waals surface area contributed by atoms with E-state index in [1.165, 1.54) is 16.7 Å². The Morgan fingerprint density at radius 3 is 2.40 bits per heavy atom. The molecule has 1 nitrogen and oxygen atoms in total. The van der Waals surface area contributed by atoms with Crippen molar-refractivity contribution in [1.29, 1.82) is 0 Å². The zero-order valence-electron chi connectivity index (χ0n) is 11.3. The lowest BCUT2D eigenvalue weighted by Crippen LogP contribution is -2.30. The van der Waals surface area contributed by atoms with E-state index in [0.29, 0.717) is 5.92 Å². The van der Waals surface area contributed by atoms with Crippen molar-refractivity contribution in [3.8, 4) is 0 Å². The van der Waals surface area contributed by atoms with Crippen LogP contribution in [0.2, 0.25) is 5.02 Å². The van der Waals surface area contributed by atoms with E-state index in [-0.39, 0.29) is 6.04 Å². The molecule has 2 aromatic rings. The third kappa shape index (κ3) is 2.65. The Balaban J connectivity index is 1.91. The molecule has 102 valence electrons. The lowest BCUT2D eigenvalue weighted by atomic mass is 9.78. The van der Waals surface area contributed by atoms with Gasteiger partial charge in [-0.1, -0.05) is 66.2 Å². The van der Waals surface area contributed by atoms with Crippen molar-refractivity contribution in [3.05, 3.63) is 76.8 Å². The molecule has 2 atom stereocenters. The number of rotatable bonds is 2. The van der Waals surface area contributed by atoms with Crippen LogP contribution in [0.3, 0.4) is 0 Å². The first kappa shape index (κ1) is 13.4. The van der Waals surface area contributed by atoms with E-state index in [2.05, 4.69) is 36.4 Å². The molecule has 0 amide bonds. The van der Waals surface area contributed by atoms with Gasteiger partial charge in [0.15, 0.2) is 0 Å². The molecule has 2 unspecified atom stereocenters. The number of halogens is 1. The molecule has 0 heterocycles. The molecule has 0 saturated heterocycles. The molecule has 3 rings (SSSR count). The molecule has 0 radical (unpaired) electrons. The zero-order valence-corrected chi connectivity index (χ0v) is 12.1. The fourth-order valence-corrected chi connectivity index (χ4v) is 3.19. The highest BCUT2D eigenvalue weighted by molar-refractivity contribution is 6.31. The van der Waals surface area contributed by atoms with E-state index in [1.807, 2.05) is 24.3 Å². The van der Waals surface area contributed by atoms with Gasteiger partial charge in [-0.25, -0.2) is 0 Å². The van der Waals surface area contributed by atoms with Gasteiger partial charge in [0.05, 0.1) is 0 Å². The highest BCUT2D eigenvalue weighted by Crippen LogP contribution is 2.38. The second-order valence-corrected chi connectivity index (χ2v) is 5.73. The Hall–Kier alpha value is -1.57. The maximum Gasteiger partial charge on any atom is 0.0441 e. The second kappa shape index (κ2) is 5.82. The summed E-state index contributed by atoms with van der Waals surface area (Å²) in [6, 6.07) is 18.7. The number of hydrogen-bond donors (Lipinski definition) is 1. The van der Waals surface area contributed by atoms with Gasteiger partial charge in [-0.3, -0.25) is 0 Å². The van der Waals surface area contributed by atoms with E-state index in [1.54, 1.807) is 0 Å². The largest absolute Gasteiger partial charge is 0.327 e. The van der Waals surface area contributed by atoms with Gasteiger partial charge in [0.25, 0.3) is 0 Å². The first-order valence-corrected chi connectivity index (χ1v) is 7.38. The van der Waals surface area contributed by atoms with E-state index >= 15 is 0 Å². The maximum absolute atomic E-state index is 6.34. The fourth-order valence-electron chi connectivity index (χ4n) is 2.92. The summed E-state index contributed by atoms with van der Waals surface area (Å²) in [5.74, 6) is 0.295. The van der Waals surface area contributed by atoms with Crippen molar-refractivity contribution in [2.75, 3.05) is 0 Å². The standard InChI is InChI=1S/C18H18ClN/c19-17-9-5-4-8-15(17)16-12-14(10-11-18(16)20)13-6-2-1-3-7-13/h1-10,16,18H,11-12,20H2. The number of hydrogen-bond acceptors (Lipinski definition) is 1. The van der Waals surface area contributed by atoms with Gasteiger partial charge in [-0.05, 0) is 35.6 Å². The van der Waals surface area contributed by atoms with Crippen molar-refractivity contribution in [2.45, 2.75) is 24.8 Å². The zero-order chi connectivity index (χ0) is 13.9. The van der Waals surface area contributed by atoms with Crippen molar-refractivity contribution in [3.63, 3.8) is 0 Å². The van der Waals surface area contributed by atoms with E-state index in [9.17, 15) is 0 Å². The minimum Gasteiger partial charge on any atom is -0.327 e. The Labute approximate surface area is 125 Å². The lowest BCUT2D eigenvalue weighted by Gasteiger charge is -2.30. The Morgan fingerprint density at radius 2 is 1.65 bits per heavy atom. The Kier molecular flexibility index (Phi) is 3.90. The molecule has 0 aliphatic heterocycles. The predicted molar refractivity (Wildman–Crippen MR) is 85.8 cm³/mol. The van der Waals surface area contributed by atoms with Crippen LogP contribution in [0, 0.1) is 0 Å². The molecule has 1 aliphatic rings. The van der Waals surface area contributed by atoms with Crippen LogP contribution in [0.15, 0.2) is 60.7 Å². The average molecular weight is 284 g/mol. The summed E-state index contributed by atoms with van der Waals surface area (Å²) in [6.45, 7) is 0. The maximum atomic E-state index is 6.34. The Morgan fingerprint density at radius 1 is 0.950 bits per heavy atom. The summed E-state index contributed by atoms with van der Waals surface area (Å²) >= 11 is 6.34. The molecule has 0 spiro atoms. The minimum absolute atomic E-state index is 0.141. The van der Waals surface area contributed by atoms with Crippen LogP contribution in [-0.4, -0.2) is 6.04 Å². The number of allylic oxidation sites excluding steroid dienone is 1. The molecular formula is C18H18ClN. The van der Waals surface area contributed by atoms with Crippen molar-refractivity contribution < 1.29 is 0 Å². The molecule has 2 aromatic carbocycles. The van der Waals surface area contributed by atoms with Crippen LogP contribution < -0.4 is 5.73 Å². The van der Waals surface area contributed by atoms with Crippen LogP contribution in [0.1, 0.15) is 29.9 Å². The summed E-state index contributed by atoms with van der Waals surface area (Å²) in [5.41, 5.74) is 10.1. The molecule has 0 fully saturated rings. The van der Waals surface area contributed by atoms with Crippen LogP contribution in [0.4, 0.5) is 0 Å². The fraction of sp³-hybridized carbons (Fsp3) is 0.222. The molecule has 1 aliphatic carbocycles. The minimum atomic E-state index is 0.141. The molecule has 0 bridgehead atoms. The van der Waals surface area contributed by atoms with Crippen molar-refractivity contribution >= 4 is 17.2 Å². The molecule has 2 heteroatoms. The molecule has 0 saturated carbocycles. The van der Waals surface area contributed by atoms with Crippen molar-refractivity contribution in [2.24, 2.45) is 5.73 Å². The van der Waals surface area contributed by atoms with Crippen LogP contribution in [-0.2, 0) is 0 Å². The van der Waals surface area contributed by atoms with Crippen LogP contribution in [0.25, 0.3) is 5.57 Å². The molecular weight excluding hydrogens is 266 g/mol. The molecule has 0 aromatic heterocycles. The summed E-state index contributed by atoms with van der Waals surface area (Å²) in [6.07, 6.45) is 4.13. The summed E-state index contributed by atoms with van der Waals surface area (Å²) in [5, 5.41) is 0.822. The second-order valence-electron chi connectivity index (χ2n) is 5.33. The van der Waals surface area contributed by atoms with Gasteiger partial charge in [-0.2, -0.15) is 0 Å². The van der Waals surface area contributed by atoms with Crippen LogP contribution in [0.5, 0.6) is 0 Å². The smallest absolute Gasteiger partial charge is 0.0441 e. The van der Waals surface area contributed by atoms with Gasteiger partial charge in [0.1, 0.15) is 0 Å². The van der Waals surface area contributed by atoms with Crippen LogP contribution >= 0.6 is 11.6 Å². The Bertz CT molecular complexity index is 618. The first-order valence-electron chi connectivity index (χ1n) is 7.00. The summed E-state index contributed by atoms with van der Waals surface area (Å²) < 4.78 is 0. The predicted octanol–water partition coefficient (Wildman–Crippen LogP) is 4.63. The molecule has 20 heavy (non-hydrogen) atoms. The molecule has 2 N–H and O–H groups in total. The van der Waals surface area contributed by atoms with E-state index in [4.69, 9.17) is 17.3 Å². The third-order valence-electron chi connectivity index (χ3n) is 4.04. The number of nitrogens with two attached hydrogens (primary N) is 1. The van der Waals surface area contributed by atoms with E-state index in [0.717, 1.165) is 17.9 Å². The summed E-state index contributed by atoms with van der Waals surface area (Å²) in [7, 11) is 0. The SMILES string of the molecule is NC1CC=C(c2ccccc2)CC1c1ccccc1Cl. The quantitative estimate of drug-likeness (QED) is 0.854. The lowest BCUT2D eigenvalue weighted by molar-refractivity contribution is 0.529.